The summed E-state index contributed by atoms with van der Waals surface area (Å²) in [5.41, 5.74) is 7.36. The molecule has 4 nitrogen and oxygen atoms in total. The van der Waals surface area contributed by atoms with Crippen LogP contribution < -0.4 is 0 Å². The van der Waals surface area contributed by atoms with Crippen LogP contribution in [0.4, 0.5) is 11.5 Å². The first-order chi connectivity index (χ1) is 13.2. The van der Waals surface area contributed by atoms with Crippen molar-refractivity contribution in [2.24, 2.45) is 10.2 Å². The minimum Gasteiger partial charge on any atom is -0.283 e. The summed E-state index contributed by atoms with van der Waals surface area (Å²) in [5.74, 6) is 0.750. The van der Waals surface area contributed by atoms with Gasteiger partial charge in [0, 0.05) is 11.8 Å². The van der Waals surface area contributed by atoms with Crippen LogP contribution in [0.15, 0.2) is 77.1 Å². The third kappa shape index (κ3) is 3.26. The SMILES string of the molecule is CCc1ccccc1N=Nc1c(-c2ccc(C)c(C)c2)nc2ccccn12. The van der Waals surface area contributed by atoms with Crippen molar-refractivity contribution < 1.29 is 0 Å². The van der Waals surface area contributed by atoms with E-state index in [0.717, 1.165) is 34.8 Å². The maximum absolute atomic E-state index is 4.82. The number of nitrogens with zero attached hydrogens (tertiary/aromatic N) is 4. The molecule has 0 aliphatic rings. The van der Waals surface area contributed by atoms with E-state index in [4.69, 9.17) is 4.98 Å². The minimum absolute atomic E-state index is 0.750. The highest BCUT2D eigenvalue weighted by molar-refractivity contribution is 5.75. The van der Waals surface area contributed by atoms with Crippen molar-refractivity contribution in [2.75, 3.05) is 0 Å². The van der Waals surface area contributed by atoms with Crippen molar-refractivity contribution in [1.29, 1.82) is 0 Å². The molecule has 0 saturated carbocycles. The molecule has 0 amide bonds. The second kappa shape index (κ2) is 7.16. The van der Waals surface area contributed by atoms with Gasteiger partial charge in [0.25, 0.3) is 0 Å². The van der Waals surface area contributed by atoms with Crippen molar-refractivity contribution in [1.82, 2.24) is 9.38 Å². The molecule has 0 N–H and O–H groups in total. The number of rotatable bonds is 4. The maximum Gasteiger partial charge on any atom is 0.187 e. The van der Waals surface area contributed by atoms with E-state index < -0.39 is 0 Å². The summed E-state index contributed by atoms with van der Waals surface area (Å²) in [6.07, 6.45) is 2.90. The van der Waals surface area contributed by atoms with E-state index in [1.165, 1.54) is 16.7 Å². The zero-order valence-electron chi connectivity index (χ0n) is 15.8. The van der Waals surface area contributed by atoms with Crippen LogP contribution >= 0.6 is 0 Å². The van der Waals surface area contributed by atoms with Gasteiger partial charge in [0.05, 0.1) is 5.69 Å². The third-order valence-electron chi connectivity index (χ3n) is 4.91. The van der Waals surface area contributed by atoms with Gasteiger partial charge in [-0.3, -0.25) is 4.40 Å². The molecule has 4 aromatic rings. The predicted octanol–water partition coefficient (Wildman–Crippen LogP) is 6.60. The minimum atomic E-state index is 0.750. The van der Waals surface area contributed by atoms with Crippen LogP contribution in [0.25, 0.3) is 16.9 Å². The number of aryl methyl sites for hydroxylation is 3. The Morgan fingerprint density at radius 1 is 0.889 bits per heavy atom. The number of aromatic nitrogens is 2. The lowest BCUT2D eigenvalue weighted by Gasteiger charge is -2.04. The smallest absolute Gasteiger partial charge is 0.187 e. The highest BCUT2D eigenvalue weighted by Gasteiger charge is 2.14. The van der Waals surface area contributed by atoms with Gasteiger partial charge in [-0.25, -0.2) is 4.98 Å². The summed E-state index contributed by atoms with van der Waals surface area (Å²) in [7, 11) is 0. The van der Waals surface area contributed by atoms with E-state index in [-0.39, 0.29) is 0 Å². The van der Waals surface area contributed by atoms with Gasteiger partial charge in [-0.2, -0.15) is 0 Å². The average Bonchev–Trinajstić information content (AvgIpc) is 3.07. The Hall–Kier alpha value is -3.27. The van der Waals surface area contributed by atoms with Gasteiger partial charge in [0.2, 0.25) is 0 Å². The molecule has 0 fully saturated rings. The molecule has 0 aliphatic carbocycles. The normalized spacial score (nSPS) is 11.5. The van der Waals surface area contributed by atoms with Gasteiger partial charge < -0.3 is 0 Å². The first-order valence-electron chi connectivity index (χ1n) is 9.21. The van der Waals surface area contributed by atoms with Gasteiger partial charge in [0.15, 0.2) is 5.82 Å². The highest BCUT2D eigenvalue weighted by Crippen LogP contribution is 2.33. The van der Waals surface area contributed by atoms with Crippen LogP contribution in [-0.4, -0.2) is 9.38 Å². The summed E-state index contributed by atoms with van der Waals surface area (Å²) in [6.45, 7) is 6.36. The Morgan fingerprint density at radius 2 is 1.70 bits per heavy atom. The Morgan fingerprint density at radius 3 is 2.52 bits per heavy atom. The number of benzene rings is 2. The van der Waals surface area contributed by atoms with Gasteiger partial charge in [-0.05, 0) is 61.2 Å². The van der Waals surface area contributed by atoms with Crippen molar-refractivity contribution in [3.63, 3.8) is 0 Å². The van der Waals surface area contributed by atoms with E-state index >= 15 is 0 Å². The van der Waals surface area contributed by atoms with Crippen LogP contribution in [0.1, 0.15) is 23.6 Å². The summed E-state index contributed by atoms with van der Waals surface area (Å²) >= 11 is 0. The Labute approximate surface area is 159 Å². The number of hydrogen-bond acceptors (Lipinski definition) is 3. The van der Waals surface area contributed by atoms with Gasteiger partial charge in [-0.1, -0.05) is 43.3 Å². The molecule has 4 rings (SSSR count). The summed E-state index contributed by atoms with van der Waals surface area (Å²) in [6, 6.07) is 20.5. The molecule has 0 spiro atoms. The second-order valence-corrected chi connectivity index (χ2v) is 6.69. The molecule has 0 unspecified atom stereocenters. The van der Waals surface area contributed by atoms with Crippen molar-refractivity contribution in [3.8, 4) is 11.3 Å². The summed E-state index contributed by atoms with van der Waals surface area (Å²) < 4.78 is 1.99. The van der Waals surface area contributed by atoms with Crippen LogP contribution in [0.5, 0.6) is 0 Å². The molecule has 0 radical (unpaired) electrons. The number of hydrogen-bond donors (Lipinski definition) is 0. The molecule has 2 aromatic carbocycles. The van der Waals surface area contributed by atoms with Gasteiger partial charge in [0.1, 0.15) is 11.3 Å². The lowest BCUT2D eigenvalue weighted by atomic mass is 10.0. The Bertz CT molecular complexity index is 1140. The standard InChI is InChI=1S/C23H22N4/c1-4-18-9-5-6-10-20(18)25-26-23-22(19-13-12-16(2)17(3)15-19)24-21-11-7-8-14-27(21)23/h5-15H,4H2,1-3H3. The average molecular weight is 354 g/mol. The van der Waals surface area contributed by atoms with E-state index in [1.807, 2.05) is 47.0 Å². The molecule has 0 saturated heterocycles. The topological polar surface area (TPSA) is 42.0 Å². The molecule has 27 heavy (non-hydrogen) atoms. The molecular weight excluding hydrogens is 332 g/mol. The number of imidazole rings is 1. The third-order valence-corrected chi connectivity index (χ3v) is 4.91. The fourth-order valence-electron chi connectivity index (χ4n) is 3.17. The molecule has 0 atom stereocenters. The maximum atomic E-state index is 4.82. The van der Waals surface area contributed by atoms with Crippen LogP contribution in [0.3, 0.4) is 0 Å². The largest absolute Gasteiger partial charge is 0.283 e. The summed E-state index contributed by atoms with van der Waals surface area (Å²) in [4.78, 5) is 4.82. The van der Waals surface area contributed by atoms with E-state index in [0.29, 0.717) is 0 Å². The van der Waals surface area contributed by atoms with E-state index in [2.05, 4.69) is 55.3 Å². The highest BCUT2D eigenvalue weighted by atomic mass is 15.2. The fraction of sp³-hybridized carbons (Fsp3) is 0.174. The number of pyridine rings is 1. The monoisotopic (exact) mass is 354 g/mol. The van der Waals surface area contributed by atoms with Gasteiger partial charge in [-0.15, -0.1) is 10.2 Å². The van der Waals surface area contributed by atoms with E-state index in [1.54, 1.807) is 0 Å². The Kier molecular flexibility index (Phi) is 4.55. The van der Waals surface area contributed by atoms with Crippen molar-refractivity contribution in [3.05, 3.63) is 83.6 Å². The van der Waals surface area contributed by atoms with Crippen molar-refractivity contribution in [2.45, 2.75) is 27.2 Å². The number of azo groups is 1. The van der Waals surface area contributed by atoms with Crippen LogP contribution in [0, 0.1) is 13.8 Å². The molecule has 2 aromatic heterocycles. The zero-order chi connectivity index (χ0) is 18.8. The molecule has 0 aliphatic heterocycles. The quantitative estimate of drug-likeness (QED) is 0.381. The van der Waals surface area contributed by atoms with Crippen LogP contribution in [0.2, 0.25) is 0 Å². The predicted molar refractivity (Wildman–Crippen MR) is 110 cm³/mol. The molecular formula is C23H22N4. The second-order valence-electron chi connectivity index (χ2n) is 6.69. The molecule has 0 bridgehead atoms. The summed E-state index contributed by atoms with van der Waals surface area (Å²) in [5, 5.41) is 9.19. The first-order valence-corrected chi connectivity index (χ1v) is 9.21. The van der Waals surface area contributed by atoms with Crippen molar-refractivity contribution >= 4 is 17.2 Å². The zero-order valence-corrected chi connectivity index (χ0v) is 15.8. The first kappa shape index (κ1) is 17.2. The number of fused-ring (bicyclic) bond motifs is 1. The van der Waals surface area contributed by atoms with Crippen LogP contribution in [-0.2, 0) is 6.42 Å². The molecule has 134 valence electrons. The lowest BCUT2D eigenvalue weighted by molar-refractivity contribution is 1.07. The Balaban J connectivity index is 1.88. The lowest BCUT2D eigenvalue weighted by Crippen LogP contribution is -1.85. The van der Waals surface area contributed by atoms with Gasteiger partial charge >= 0.3 is 0 Å². The molecule has 2 heterocycles. The van der Waals surface area contributed by atoms with E-state index in [9.17, 15) is 0 Å². The molecule has 4 heteroatoms. The fourth-order valence-corrected chi connectivity index (χ4v) is 3.17.